The maximum absolute atomic E-state index is 5.81. The zero-order chi connectivity index (χ0) is 13.2. The van der Waals surface area contributed by atoms with Crippen LogP contribution in [0.2, 0.25) is 0 Å². The van der Waals surface area contributed by atoms with Crippen LogP contribution < -0.4 is 10.1 Å². The number of nitrogens with zero attached hydrogens (tertiary/aromatic N) is 2. The molecule has 0 saturated carbocycles. The summed E-state index contributed by atoms with van der Waals surface area (Å²) < 4.78 is 5.34. The highest BCUT2D eigenvalue weighted by Crippen LogP contribution is 2.15. The molecule has 4 nitrogen and oxygen atoms in total. The third kappa shape index (κ3) is 5.54. The van der Waals surface area contributed by atoms with Crippen molar-refractivity contribution in [3.63, 3.8) is 0 Å². The molecule has 0 aliphatic carbocycles. The number of aromatic nitrogens is 2. The molecule has 0 amide bonds. The molecule has 0 spiro atoms. The minimum absolute atomic E-state index is 0.595. The molecule has 1 aromatic heterocycles. The molecule has 0 bridgehead atoms. The fourth-order valence-corrected chi connectivity index (χ4v) is 2.13. The van der Waals surface area contributed by atoms with Crippen LogP contribution in [0.4, 0.5) is 5.82 Å². The quantitative estimate of drug-likeness (QED) is 0.700. The van der Waals surface area contributed by atoms with Crippen LogP contribution in [0.15, 0.2) is 12.4 Å². The van der Waals surface area contributed by atoms with Crippen LogP contribution in [0, 0.1) is 5.92 Å². The van der Waals surface area contributed by atoms with Crippen molar-refractivity contribution in [2.75, 3.05) is 24.3 Å². The summed E-state index contributed by atoms with van der Waals surface area (Å²) in [5.74, 6) is 2.72. The monoisotopic (exact) mass is 271 g/mol. The molecule has 1 atom stereocenters. The molecule has 0 radical (unpaired) electrons. The SMILES string of the molecule is CCCC(CCCl)CNc1cc(OCC)ncn1. The molecule has 0 saturated heterocycles. The van der Waals surface area contributed by atoms with Crippen LogP contribution in [-0.4, -0.2) is 29.0 Å². The molecule has 0 aromatic carbocycles. The van der Waals surface area contributed by atoms with Gasteiger partial charge in [-0.15, -0.1) is 11.6 Å². The van der Waals surface area contributed by atoms with Gasteiger partial charge in [0.15, 0.2) is 0 Å². The van der Waals surface area contributed by atoms with E-state index in [1.165, 1.54) is 19.2 Å². The Morgan fingerprint density at radius 1 is 1.33 bits per heavy atom. The smallest absolute Gasteiger partial charge is 0.218 e. The summed E-state index contributed by atoms with van der Waals surface area (Å²) in [7, 11) is 0. The van der Waals surface area contributed by atoms with Crippen molar-refractivity contribution in [3.8, 4) is 5.88 Å². The summed E-state index contributed by atoms with van der Waals surface area (Å²) in [4.78, 5) is 8.21. The molecule has 1 aromatic rings. The van der Waals surface area contributed by atoms with Crippen LogP contribution in [-0.2, 0) is 0 Å². The summed E-state index contributed by atoms with van der Waals surface area (Å²) >= 11 is 5.81. The van der Waals surface area contributed by atoms with Crippen molar-refractivity contribution in [1.82, 2.24) is 9.97 Å². The molecule has 0 fully saturated rings. The predicted octanol–water partition coefficient (Wildman–Crippen LogP) is 3.33. The largest absolute Gasteiger partial charge is 0.478 e. The van der Waals surface area contributed by atoms with Crippen LogP contribution in [0.25, 0.3) is 0 Å². The molecule has 1 unspecified atom stereocenters. The Morgan fingerprint density at radius 2 is 2.17 bits per heavy atom. The van der Waals surface area contributed by atoms with Crippen LogP contribution >= 0.6 is 11.6 Å². The van der Waals surface area contributed by atoms with Gasteiger partial charge in [0.1, 0.15) is 12.1 Å². The normalized spacial score (nSPS) is 12.2. The maximum Gasteiger partial charge on any atom is 0.218 e. The Kier molecular flexibility index (Phi) is 7.49. The Labute approximate surface area is 114 Å². The Bertz CT molecular complexity index is 330. The van der Waals surface area contributed by atoms with Gasteiger partial charge in [-0.1, -0.05) is 13.3 Å². The van der Waals surface area contributed by atoms with E-state index < -0.39 is 0 Å². The number of hydrogen-bond acceptors (Lipinski definition) is 4. The minimum atomic E-state index is 0.595. The average Bonchev–Trinajstić information content (AvgIpc) is 2.37. The summed E-state index contributed by atoms with van der Waals surface area (Å²) in [5.41, 5.74) is 0. The summed E-state index contributed by atoms with van der Waals surface area (Å²) in [5, 5.41) is 3.32. The van der Waals surface area contributed by atoms with Crippen molar-refractivity contribution in [2.24, 2.45) is 5.92 Å². The van der Waals surface area contributed by atoms with Gasteiger partial charge in [0, 0.05) is 18.5 Å². The van der Waals surface area contributed by atoms with Crippen LogP contribution in [0.3, 0.4) is 0 Å². The highest BCUT2D eigenvalue weighted by molar-refractivity contribution is 6.17. The zero-order valence-electron chi connectivity index (χ0n) is 11.2. The third-order valence-corrected chi connectivity index (χ3v) is 2.94. The first kappa shape index (κ1) is 15.0. The van der Waals surface area contributed by atoms with Crippen molar-refractivity contribution < 1.29 is 4.74 Å². The zero-order valence-corrected chi connectivity index (χ0v) is 11.9. The highest BCUT2D eigenvalue weighted by atomic mass is 35.5. The molecular weight excluding hydrogens is 250 g/mol. The number of anilines is 1. The number of hydrogen-bond donors (Lipinski definition) is 1. The lowest BCUT2D eigenvalue weighted by Gasteiger charge is -2.16. The van der Waals surface area contributed by atoms with E-state index in [4.69, 9.17) is 16.3 Å². The maximum atomic E-state index is 5.81. The van der Waals surface area contributed by atoms with Gasteiger partial charge in [-0.2, -0.15) is 0 Å². The Morgan fingerprint density at radius 3 is 2.83 bits per heavy atom. The predicted molar refractivity (Wildman–Crippen MR) is 75.4 cm³/mol. The number of alkyl halides is 1. The first-order chi connectivity index (χ1) is 8.80. The van der Waals surface area contributed by atoms with Gasteiger partial charge in [-0.05, 0) is 25.7 Å². The molecule has 18 heavy (non-hydrogen) atoms. The fourth-order valence-electron chi connectivity index (χ4n) is 1.82. The van der Waals surface area contributed by atoms with Gasteiger partial charge in [0.2, 0.25) is 5.88 Å². The molecule has 0 aliphatic rings. The first-order valence-electron chi connectivity index (χ1n) is 6.54. The van der Waals surface area contributed by atoms with Gasteiger partial charge in [0.25, 0.3) is 0 Å². The van der Waals surface area contributed by atoms with Gasteiger partial charge in [0.05, 0.1) is 6.61 Å². The second-order valence-electron chi connectivity index (χ2n) is 4.19. The van der Waals surface area contributed by atoms with Gasteiger partial charge < -0.3 is 10.1 Å². The van der Waals surface area contributed by atoms with E-state index in [2.05, 4.69) is 22.2 Å². The Balaban J connectivity index is 2.47. The van der Waals surface area contributed by atoms with E-state index in [9.17, 15) is 0 Å². The van der Waals surface area contributed by atoms with Crippen molar-refractivity contribution in [3.05, 3.63) is 12.4 Å². The van der Waals surface area contributed by atoms with E-state index in [0.717, 1.165) is 18.8 Å². The van der Waals surface area contributed by atoms with Gasteiger partial charge in [-0.3, -0.25) is 0 Å². The lowest BCUT2D eigenvalue weighted by atomic mass is 10.0. The molecule has 5 heteroatoms. The van der Waals surface area contributed by atoms with E-state index in [0.29, 0.717) is 24.3 Å². The van der Waals surface area contributed by atoms with Crippen molar-refractivity contribution in [2.45, 2.75) is 33.1 Å². The topological polar surface area (TPSA) is 47.0 Å². The minimum Gasteiger partial charge on any atom is -0.478 e. The lowest BCUT2D eigenvalue weighted by molar-refractivity contribution is 0.326. The second kappa shape index (κ2) is 8.97. The van der Waals surface area contributed by atoms with E-state index >= 15 is 0 Å². The van der Waals surface area contributed by atoms with Gasteiger partial charge >= 0.3 is 0 Å². The molecule has 0 aliphatic heterocycles. The first-order valence-corrected chi connectivity index (χ1v) is 7.08. The summed E-state index contributed by atoms with van der Waals surface area (Å²) in [6.45, 7) is 5.64. The summed E-state index contributed by atoms with van der Waals surface area (Å²) in [6, 6.07) is 1.83. The molecule has 1 N–H and O–H groups in total. The number of nitrogens with one attached hydrogen (secondary N) is 1. The molecule has 1 rings (SSSR count). The van der Waals surface area contributed by atoms with Crippen molar-refractivity contribution in [1.29, 1.82) is 0 Å². The van der Waals surface area contributed by atoms with Crippen LogP contribution in [0.1, 0.15) is 33.1 Å². The van der Waals surface area contributed by atoms with Crippen molar-refractivity contribution >= 4 is 17.4 Å². The molecular formula is C13H22ClN3O. The highest BCUT2D eigenvalue weighted by Gasteiger charge is 2.07. The van der Waals surface area contributed by atoms with E-state index in [1.54, 1.807) is 0 Å². The molecule has 1 heterocycles. The standard InChI is InChI=1S/C13H22ClN3O/c1-3-5-11(6-7-14)9-15-12-8-13(18-4-2)17-10-16-12/h8,10-11H,3-7,9H2,1-2H3,(H,15,16,17). The molecule has 102 valence electrons. The van der Waals surface area contributed by atoms with Crippen LogP contribution in [0.5, 0.6) is 5.88 Å². The number of rotatable bonds is 9. The third-order valence-electron chi connectivity index (χ3n) is 2.72. The van der Waals surface area contributed by atoms with E-state index in [-0.39, 0.29) is 0 Å². The Hall–Kier alpha value is -1.03. The second-order valence-corrected chi connectivity index (χ2v) is 4.57. The number of halogens is 1. The van der Waals surface area contributed by atoms with E-state index in [1.807, 2.05) is 13.0 Å². The lowest BCUT2D eigenvalue weighted by Crippen LogP contribution is -2.15. The fraction of sp³-hybridized carbons (Fsp3) is 0.692. The number of ether oxygens (including phenoxy) is 1. The average molecular weight is 272 g/mol. The summed E-state index contributed by atoms with van der Waals surface area (Å²) in [6.07, 6.45) is 4.91. The van der Waals surface area contributed by atoms with Gasteiger partial charge in [-0.25, -0.2) is 9.97 Å².